The van der Waals surface area contributed by atoms with Gasteiger partial charge in [-0.05, 0) is 18.2 Å². The molecule has 0 unspecified atom stereocenters. The number of imidazole rings is 1. The molecule has 1 saturated heterocycles. The van der Waals surface area contributed by atoms with Crippen LogP contribution in [0, 0.1) is 5.82 Å². The Labute approximate surface area is 215 Å². The van der Waals surface area contributed by atoms with Gasteiger partial charge in [0.25, 0.3) is 0 Å². The van der Waals surface area contributed by atoms with Gasteiger partial charge in [-0.25, -0.2) is 19.3 Å². The van der Waals surface area contributed by atoms with Crippen molar-refractivity contribution in [3.63, 3.8) is 0 Å². The molecule has 1 aliphatic rings. The van der Waals surface area contributed by atoms with Crippen molar-refractivity contribution in [2.75, 3.05) is 31.6 Å². The fourth-order valence-electron chi connectivity index (χ4n) is 3.94. The van der Waals surface area contributed by atoms with Crippen molar-refractivity contribution in [2.24, 2.45) is 0 Å². The van der Waals surface area contributed by atoms with Gasteiger partial charge in [-0.3, -0.25) is 14.6 Å². The largest absolute Gasteiger partial charge is 0.377 e. The second-order valence-electron chi connectivity index (χ2n) is 8.10. The van der Waals surface area contributed by atoms with E-state index in [-0.39, 0.29) is 24.1 Å². The molecule has 2 amide bonds. The predicted octanol–water partition coefficient (Wildman–Crippen LogP) is 2.36. The summed E-state index contributed by atoms with van der Waals surface area (Å²) in [5, 5.41) is 6.55. The molecule has 0 aromatic carbocycles. The average Bonchev–Trinajstić information content (AvgIpc) is 3.55. The molecule has 0 aliphatic carbocycles. The first-order valence-corrected chi connectivity index (χ1v) is 12.3. The Morgan fingerprint density at radius 2 is 2.16 bits per heavy atom. The molecule has 4 aromatic rings. The normalized spacial score (nSPS) is 15.5. The van der Waals surface area contributed by atoms with Crippen LogP contribution in [0.1, 0.15) is 0 Å². The number of aromatic nitrogens is 5. The van der Waals surface area contributed by atoms with Gasteiger partial charge in [0, 0.05) is 38.1 Å². The molecular formula is C24H23FN8O3S. The molecule has 37 heavy (non-hydrogen) atoms. The van der Waals surface area contributed by atoms with Gasteiger partial charge in [0.1, 0.15) is 28.9 Å². The second-order valence-corrected chi connectivity index (χ2v) is 9.13. The highest BCUT2D eigenvalue weighted by atomic mass is 32.1. The third kappa shape index (κ3) is 5.32. The number of nitrogens with one attached hydrogen (secondary N) is 2. The van der Waals surface area contributed by atoms with E-state index in [9.17, 15) is 14.0 Å². The molecule has 0 spiro atoms. The molecule has 0 radical (unpaired) electrons. The molecule has 5 heterocycles. The molecule has 0 bridgehead atoms. The molecule has 5 rings (SSSR count). The van der Waals surface area contributed by atoms with E-state index in [4.69, 9.17) is 4.74 Å². The number of carbonyl (C=O) groups excluding carboxylic acids is 2. The summed E-state index contributed by atoms with van der Waals surface area (Å²) in [7, 11) is 0. The number of halogens is 1. The van der Waals surface area contributed by atoms with Gasteiger partial charge in [-0.15, -0.1) is 0 Å². The zero-order valence-electron chi connectivity index (χ0n) is 19.6. The summed E-state index contributed by atoms with van der Waals surface area (Å²) in [6, 6.07) is 4.02. The van der Waals surface area contributed by atoms with Gasteiger partial charge >= 0.3 is 0 Å². The fraction of sp³-hybridized carbons (Fsp3) is 0.250. The lowest BCUT2D eigenvalue weighted by Crippen LogP contribution is -2.55. The number of ether oxygens (including phenoxy) is 1. The second kappa shape index (κ2) is 10.8. The summed E-state index contributed by atoms with van der Waals surface area (Å²) in [5.74, 6) is -0.454. The molecule has 4 aromatic heterocycles. The summed E-state index contributed by atoms with van der Waals surface area (Å²) in [6.45, 7) is 5.15. The number of thiazole rings is 1. The van der Waals surface area contributed by atoms with Crippen molar-refractivity contribution in [1.29, 1.82) is 0 Å². The van der Waals surface area contributed by atoms with Crippen LogP contribution in [0.25, 0.3) is 21.6 Å². The van der Waals surface area contributed by atoms with Crippen molar-refractivity contribution < 1.29 is 18.7 Å². The van der Waals surface area contributed by atoms with Crippen LogP contribution < -0.4 is 10.6 Å². The van der Waals surface area contributed by atoms with Crippen LogP contribution in [0.3, 0.4) is 0 Å². The number of rotatable bonds is 8. The lowest BCUT2D eigenvalue weighted by molar-refractivity contribution is -0.145. The number of hydrogen-bond acceptors (Lipinski definition) is 9. The zero-order chi connectivity index (χ0) is 25.8. The van der Waals surface area contributed by atoms with Crippen LogP contribution in [-0.4, -0.2) is 73.6 Å². The van der Waals surface area contributed by atoms with E-state index in [0.29, 0.717) is 47.6 Å². The van der Waals surface area contributed by atoms with Crippen molar-refractivity contribution in [2.45, 2.75) is 12.6 Å². The maximum atomic E-state index is 14.0. The monoisotopic (exact) mass is 522 g/mol. The summed E-state index contributed by atoms with van der Waals surface area (Å²) in [5.41, 5.74) is 1.74. The van der Waals surface area contributed by atoms with E-state index in [0.717, 1.165) is 5.52 Å². The first-order valence-electron chi connectivity index (χ1n) is 11.5. The topological polar surface area (TPSA) is 127 Å². The minimum Gasteiger partial charge on any atom is -0.377 e. The zero-order valence-corrected chi connectivity index (χ0v) is 20.4. The summed E-state index contributed by atoms with van der Waals surface area (Å²) in [4.78, 5) is 44.0. The first kappa shape index (κ1) is 24.5. The predicted molar refractivity (Wildman–Crippen MR) is 136 cm³/mol. The molecule has 1 fully saturated rings. The molecular weight excluding hydrogens is 499 g/mol. The highest BCUT2D eigenvalue weighted by molar-refractivity contribution is 7.18. The van der Waals surface area contributed by atoms with Crippen LogP contribution in [0.2, 0.25) is 0 Å². The molecule has 2 N–H and O–H groups in total. The third-order valence-corrected chi connectivity index (χ3v) is 6.70. The van der Waals surface area contributed by atoms with Crippen LogP contribution >= 0.6 is 11.3 Å². The average molecular weight is 523 g/mol. The Balaban J connectivity index is 1.23. The molecule has 190 valence electrons. The Kier molecular flexibility index (Phi) is 7.14. The fourth-order valence-corrected chi connectivity index (χ4v) is 4.77. The number of hydrogen-bond donors (Lipinski definition) is 2. The highest BCUT2D eigenvalue weighted by Gasteiger charge is 2.31. The number of nitrogens with zero attached hydrogens (tertiary/aromatic N) is 6. The Hall–Kier alpha value is -4.23. The van der Waals surface area contributed by atoms with Crippen LogP contribution in [0.4, 0.5) is 15.3 Å². The molecule has 0 saturated carbocycles. The van der Waals surface area contributed by atoms with E-state index in [1.54, 1.807) is 18.7 Å². The first-order chi connectivity index (χ1) is 18.0. The van der Waals surface area contributed by atoms with Crippen LogP contribution in [0.5, 0.6) is 0 Å². The lowest BCUT2D eigenvalue weighted by Gasteiger charge is -2.33. The minimum absolute atomic E-state index is 0.144. The lowest BCUT2D eigenvalue weighted by atomic mass is 10.2. The molecule has 1 aliphatic heterocycles. The van der Waals surface area contributed by atoms with Gasteiger partial charge < -0.3 is 24.8 Å². The number of fused-ring (bicyclic) bond motifs is 1. The van der Waals surface area contributed by atoms with Crippen molar-refractivity contribution in [3.8, 4) is 10.6 Å². The minimum atomic E-state index is -0.693. The number of morpholine rings is 1. The van der Waals surface area contributed by atoms with E-state index in [1.807, 2.05) is 10.6 Å². The van der Waals surface area contributed by atoms with Crippen LogP contribution in [-0.2, 0) is 20.9 Å². The van der Waals surface area contributed by atoms with Gasteiger partial charge in [0.05, 0.1) is 36.1 Å². The van der Waals surface area contributed by atoms with Gasteiger partial charge in [0.15, 0.2) is 5.13 Å². The summed E-state index contributed by atoms with van der Waals surface area (Å²) in [6.07, 6.45) is 7.60. The van der Waals surface area contributed by atoms with E-state index in [2.05, 4.69) is 37.1 Å². The van der Waals surface area contributed by atoms with Crippen molar-refractivity contribution in [1.82, 2.24) is 34.7 Å². The quantitative estimate of drug-likeness (QED) is 0.338. The van der Waals surface area contributed by atoms with Crippen LogP contribution in [0.15, 0.2) is 55.8 Å². The Morgan fingerprint density at radius 3 is 3.00 bits per heavy atom. The maximum Gasteiger partial charge on any atom is 0.246 e. The Morgan fingerprint density at radius 1 is 1.27 bits per heavy atom. The standard InChI is InChI=1S/C24H23FN8O3S/c1-2-21(34)33-8-9-36-13-18(33)23(35)27-6-7-32-14-30-16-11-28-20(10-17(16)32)31-24-29-12-19(37-24)22-15(25)4-3-5-26-22/h2-5,10-12,14,18H,1,6-9,13H2,(H,27,35)(H,28,29,31)/t18-/m0/s1. The third-order valence-electron chi connectivity index (χ3n) is 5.78. The van der Waals surface area contributed by atoms with Crippen molar-refractivity contribution in [3.05, 3.63) is 61.6 Å². The smallest absolute Gasteiger partial charge is 0.246 e. The summed E-state index contributed by atoms with van der Waals surface area (Å²) < 4.78 is 21.3. The molecule has 11 nitrogen and oxygen atoms in total. The summed E-state index contributed by atoms with van der Waals surface area (Å²) >= 11 is 1.26. The van der Waals surface area contributed by atoms with Gasteiger partial charge in [-0.2, -0.15) is 0 Å². The maximum absolute atomic E-state index is 14.0. The SMILES string of the molecule is C=CC(=O)N1CCOC[C@H]1C(=O)NCCn1cnc2cnc(Nc3ncc(-c4ncccc4F)s3)cc21. The Bertz CT molecular complexity index is 1450. The number of amides is 2. The molecule has 13 heteroatoms. The molecule has 1 atom stereocenters. The highest BCUT2D eigenvalue weighted by Crippen LogP contribution is 2.30. The number of pyridine rings is 2. The van der Waals surface area contributed by atoms with E-state index < -0.39 is 11.9 Å². The van der Waals surface area contributed by atoms with Gasteiger partial charge in [-0.1, -0.05) is 17.9 Å². The number of carbonyl (C=O) groups is 2. The van der Waals surface area contributed by atoms with Gasteiger partial charge in [0.2, 0.25) is 11.8 Å². The number of anilines is 2. The van der Waals surface area contributed by atoms with E-state index in [1.165, 1.54) is 40.6 Å². The van der Waals surface area contributed by atoms with E-state index >= 15 is 0 Å². The van der Waals surface area contributed by atoms with Crippen molar-refractivity contribution >= 4 is 45.1 Å².